The van der Waals surface area contributed by atoms with Crippen LogP contribution >= 0.6 is 0 Å². The van der Waals surface area contributed by atoms with E-state index in [2.05, 4.69) is 16.2 Å². The van der Waals surface area contributed by atoms with Crippen LogP contribution in [0, 0.1) is 11.3 Å². The summed E-state index contributed by atoms with van der Waals surface area (Å²) in [5.74, 6) is 1.52. The molecule has 0 aliphatic heterocycles. The van der Waals surface area contributed by atoms with E-state index < -0.39 is 0 Å². The number of aromatic hydroxyl groups is 1. The van der Waals surface area contributed by atoms with Gasteiger partial charge in [-0.2, -0.15) is 10.2 Å². The molecule has 0 bridgehead atoms. The minimum Gasteiger partial charge on any atom is -0.508 e. The summed E-state index contributed by atoms with van der Waals surface area (Å²) in [5.41, 5.74) is 1.01. The van der Waals surface area contributed by atoms with Gasteiger partial charge in [0.15, 0.2) is 5.82 Å². The molecule has 0 saturated carbocycles. The van der Waals surface area contributed by atoms with Gasteiger partial charge in [0, 0.05) is 18.8 Å². The Morgan fingerprint density at radius 3 is 2.79 bits per heavy atom. The number of hydrogen-bond acceptors (Lipinski definition) is 5. The second-order valence-electron chi connectivity index (χ2n) is 4.49. The van der Waals surface area contributed by atoms with Crippen molar-refractivity contribution in [2.75, 3.05) is 0 Å². The number of hydrogen-bond donors (Lipinski definition) is 1. The summed E-state index contributed by atoms with van der Waals surface area (Å²) in [6.07, 6.45) is 1.77. The van der Waals surface area contributed by atoms with Crippen molar-refractivity contribution in [2.24, 2.45) is 0 Å². The molecule has 1 unspecified atom stereocenters. The van der Waals surface area contributed by atoms with Crippen LogP contribution < -0.4 is 0 Å². The Morgan fingerprint density at radius 1 is 1.37 bits per heavy atom. The lowest BCUT2D eigenvalue weighted by Crippen LogP contribution is -1.95. The molecular formula is C14H15N3O2. The molecule has 2 rings (SSSR count). The van der Waals surface area contributed by atoms with E-state index in [1.165, 1.54) is 0 Å². The average molecular weight is 257 g/mol. The number of nitriles is 1. The summed E-state index contributed by atoms with van der Waals surface area (Å²) in [5, 5.41) is 21.7. The van der Waals surface area contributed by atoms with Gasteiger partial charge in [0.05, 0.1) is 6.07 Å². The maximum atomic E-state index is 9.21. The Hall–Kier alpha value is -2.35. The molecule has 1 aromatic heterocycles. The van der Waals surface area contributed by atoms with E-state index in [4.69, 9.17) is 9.78 Å². The first-order chi connectivity index (χ1) is 9.19. The third kappa shape index (κ3) is 3.55. The van der Waals surface area contributed by atoms with Gasteiger partial charge in [-0.3, -0.25) is 0 Å². The van der Waals surface area contributed by atoms with Crippen LogP contribution in [0.2, 0.25) is 0 Å². The molecule has 1 atom stereocenters. The van der Waals surface area contributed by atoms with Crippen LogP contribution in [0.4, 0.5) is 0 Å². The van der Waals surface area contributed by atoms with E-state index in [1.54, 1.807) is 12.1 Å². The van der Waals surface area contributed by atoms with Gasteiger partial charge in [-0.15, -0.1) is 0 Å². The summed E-state index contributed by atoms with van der Waals surface area (Å²) >= 11 is 0. The first-order valence-corrected chi connectivity index (χ1v) is 6.16. The fraction of sp³-hybridized carbons (Fsp3) is 0.357. The first kappa shape index (κ1) is 13.1. The zero-order chi connectivity index (χ0) is 13.7. The number of phenolic OH excluding ortho intramolecular Hbond substituents is 1. The van der Waals surface area contributed by atoms with Crippen molar-refractivity contribution in [3.05, 3.63) is 41.5 Å². The monoisotopic (exact) mass is 257 g/mol. The molecule has 0 amide bonds. The Labute approximate surface area is 111 Å². The molecule has 0 spiro atoms. The van der Waals surface area contributed by atoms with Crippen molar-refractivity contribution in [1.29, 1.82) is 5.26 Å². The molecule has 5 nitrogen and oxygen atoms in total. The van der Waals surface area contributed by atoms with Crippen LogP contribution in [0.5, 0.6) is 5.75 Å². The van der Waals surface area contributed by atoms with Gasteiger partial charge >= 0.3 is 0 Å². The van der Waals surface area contributed by atoms with Crippen molar-refractivity contribution in [1.82, 2.24) is 10.1 Å². The van der Waals surface area contributed by atoms with Gasteiger partial charge in [0.2, 0.25) is 5.89 Å². The number of nitrogens with zero attached hydrogens (tertiary/aromatic N) is 3. The SMILES string of the molecule is CC(CCC#N)c1nc(Cc2ccc(O)cc2)no1. The van der Waals surface area contributed by atoms with Gasteiger partial charge < -0.3 is 9.63 Å². The van der Waals surface area contributed by atoms with E-state index >= 15 is 0 Å². The minimum atomic E-state index is 0.0979. The van der Waals surface area contributed by atoms with Crippen LogP contribution in [0.25, 0.3) is 0 Å². The van der Waals surface area contributed by atoms with Gasteiger partial charge in [-0.1, -0.05) is 24.2 Å². The summed E-state index contributed by atoms with van der Waals surface area (Å²) < 4.78 is 5.20. The van der Waals surface area contributed by atoms with E-state index in [9.17, 15) is 5.11 Å². The molecule has 0 aliphatic rings. The van der Waals surface area contributed by atoms with Crippen LogP contribution in [0.15, 0.2) is 28.8 Å². The minimum absolute atomic E-state index is 0.0979. The van der Waals surface area contributed by atoms with Gasteiger partial charge in [0.25, 0.3) is 0 Å². The fourth-order valence-electron chi connectivity index (χ4n) is 1.74. The molecule has 1 aromatic carbocycles. The van der Waals surface area contributed by atoms with Crippen molar-refractivity contribution in [3.63, 3.8) is 0 Å². The second-order valence-corrected chi connectivity index (χ2v) is 4.49. The van der Waals surface area contributed by atoms with Crippen LogP contribution in [-0.4, -0.2) is 15.2 Å². The van der Waals surface area contributed by atoms with Crippen molar-refractivity contribution >= 4 is 0 Å². The molecule has 2 aromatic rings. The molecule has 0 saturated heterocycles. The van der Waals surface area contributed by atoms with E-state index in [0.717, 1.165) is 12.0 Å². The number of benzene rings is 1. The molecular weight excluding hydrogens is 242 g/mol. The Bertz CT molecular complexity index is 569. The summed E-state index contributed by atoms with van der Waals surface area (Å²) in [4.78, 5) is 4.33. The van der Waals surface area contributed by atoms with Gasteiger partial charge in [-0.05, 0) is 24.1 Å². The summed E-state index contributed by atoms with van der Waals surface area (Å²) in [7, 11) is 0. The molecule has 0 radical (unpaired) electrons. The van der Waals surface area contributed by atoms with Crippen LogP contribution in [0.1, 0.15) is 43.0 Å². The van der Waals surface area contributed by atoms with E-state index in [-0.39, 0.29) is 11.7 Å². The van der Waals surface area contributed by atoms with Crippen LogP contribution in [0.3, 0.4) is 0 Å². The highest BCUT2D eigenvalue weighted by molar-refractivity contribution is 5.27. The predicted octanol–water partition coefficient (Wildman–Crippen LogP) is 2.77. The van der Waals surface area contributed by atoms with E-state index in [0.29, 0.717) is 24.6 Å². The maximum Gasteiger partial charge on any atom is 0.229 e. The number of phenols is 1. The molecule has 19 heavy (non-hydrogen) atoms. The Balaban J connectivity index is 2.01. The third-order valence-corrected chi connectivity index (χ3v) is 2.89. The topological polar surface area (TPSA) is 82.9 Å². The quantitative estimate of drug-likeness (QED) is 0.890. The number of rotatable bonds is 5. The zero-order valence-corrected chi connectivity index (χ0v) is 10.7. The second kappa shape index (κ2) is 6.01. The fourth-order valence-corrected chi connectivity index (χ4v) is 1.74. The first-order valence-electron chi connectivity index (χ1n) is 6.16. The predicted molar refractivity (Wildman–Crippen MR) is 68.5 cm³/mol. The average Bonchev–Trinajstić information content (AvgIpc) is 2.87. The Morgan fingerprint density at radius 2 is 2.11 bits per heavy atom. The highest BCUT2D eigenvalue weighted by Crippen LogP contribution is 2.19. The lowest BCUT2D eigenvalue weighted by atomic mass is 10.1. The molecule has 98 valence electrons. The smallest absolute Gasteiger partial charge is 0.229 e. The normalized spacial score (nSPS) is 12.0. The molecule has 1 heterocycles. The zero-order valence-electron chi connectivity index (χ0n) is 10.7. The standard InChI is InChI=1S/C14H15N3O2/c1-10(3-2-8-15)14-16-13(17-19-14)9-11-4-6-12(18)7-5-11/h4-7,10,18H,2-3,9H2,1H3. The van der Waals surface area contributed by atoms with Crippen molar-refractivity contribution in [2.45, 2.75) is 32.1 Å². The number of aromatic nitrogens is 2. The third-order valence-electron chi connectivity index (χ3n) is 2.89. The molecule has 1 N–H and O–H groups in total. The van der Waals surface area contributed by atoms with Crippen molar-refractivity contribution in [3.8, 4) is 11.8 Å². The Kier molecular flexibility index (Phi) is 4.14. The van der Waals surface area contributed by atoms with Crippen molar-refractivity contribution < 1.29 is 9.63 Å². The lowest BCUT2D eigenvalue weighted by Gasteiger charge is -2.00. The summed E-state index contributed by atoms with van der Waals surface area (Å²) in [6.45, 7) is 1.97. The largest absolute Gasteiger partial charge is 0.508 e. The maximum absolute atomic E-state index is 9.21. The highest BCUT2D eigenvalue weighted by atomic mass is 16.5. The van der Waals surface area contributed by atoms with Crippen LogP contribution in [-0.2, 0) is 6.42 Å². The molecule has 0 aliphatic carbocycles. The molecule has 0 fully saturated rings. The van der Waals surface area contributed by atoms with Gasteiger partial charge in [0.1, 0.15) is 5.75 Å². The lowest BCUT2D eigenvalue weighted by molar-refractivity contribution is 0.351. The molecule has 5 heteroatoms. The summed E-state index contributed by atoms with van der Waals surface area (Å²) in [6, 6.07) is 9.02. The van der Waals surface area contributed by atoms with E-state index in [1.807, 2.05) is 19.1 Å². The highest BCUT2D eigenvalue weighted by Gasteiger charge is 2.14. The van der Waals surface area contributed by atoms with Gasteiger partial charge in [-0.25, -0.2) is 0 Å².